The summed E-state index contributed by atoms with van der Waals surface area (Å²) >= 11 is 0. The fourth-order valence-electron chi connectivity index (χ4n) is 3.18. The number of rotatable bonds is 5. The van der Waals surface area contributed by atoms with Gasteiger partial charge in [-0.05, 0) is 47.2 Å². The Morgan fingerprint density at radius 1 is 0.900 bits per heavy atom. The van der Waals surface area contributed by atoms with Crippen LogP contribution in [0.1, 0.15) is 5.56 Å². The van der Waals surface area contributed by atoms with E-state index in [4.69, 9.17) is 9.73 Å². The average Bonchev–Trinajstić information content (AvgIpc) is 2.79. The summed E-state index contributed by atoms with van der Waals surface area (Å²) in [7, 11) is 1.63. The maximum atomic E-state index is 10.9. The lowest BCUT2D eigenvalue weighted by Crippen LogP contribution is -2.14. The van der Waals surface area contributed by atoms with Crippen LogP contribution in [0.4, 0.5) is 17.1 Å². The largest absolute Gasteiger partial charge is 0.497 e. The molecule has 0 spiro atoms. The smallest absolute Gasteiger partial charge is 0.269 e. The van der Waals surface area contributed by atoms with Crippen molar-refractivity contribution in [3.63, 3.8) is 0 Å². The molecule has 0 aliphatic carbocycles. The molecule has 0 aliphatic rings. The third-order valence-corrected chi connectivity index (χ3v) is 4.70. The molecule has 148 valence electrons. The van der Waals surface area contributed by atoms with E-state index in [0.717, 1.165) is 27.8 Å². The van der Waals surface area contributed by atoms with Crippen molar-refractivity contribution in [2.45, 2.75) is 0 Å². The molecule has 1 N–H and O–H groups in total. The number of nitrogens with zero attached hydrogens (tertiary/aromatic N) is 2. The molecule has 0 aliphatic heterocycles. The normalized spacial score (nSPS) is 11.3. The van der Waals surface area contributed by atoms with Gasteiger partial charge in [-0.2, -0.15) is 0 Å². The summed E-state index contributed by atoms with van der Waals surface area (Å²) in [5, 5.41) is 16.5. The van der Waals surface area contributed by atoms with E-state index >= 15 is 0 Å². The topological polar surface area (TPSA) is 76.8 Å². The van der Waals surface area contributed by atoms with E-state index in [1.165, 1.54) is 12.1 Å². The van der Waals surface area contributed by atoms with Gasteiger partial charge in [0.2, 0.25) is 0 Å². The maximum Gasteiger partial charge on any atom is 0.269 e. The van der Waals surface area contributed by atoms with Gasteiger partial charge in [0.25, 0.3) is 5.69 Å². The van der Waals surface area contributed by atoms with Crippen molar-refractivity contribution in [1.29, 1.82) is 0 Å². The van der Waals surface area contributed by atoms with Crippen molar-refractivity contribution in [3.8, 4) is 5.75 Å². The number of aliphatic imine (C=N–C) groups is 1. The average molecular weight is 397 g/mol. The third-order valence-electron chi connectivity index (χ3n) is 4.70. The van der Waals surface area contributed by atoms with Crippen molar-refractivity contribution in [1.82, 2.24) is 0 Å². The number of hydrogen-bond donors (Lipinski definition) is 1. The molecule has 0 saturated carbocycles. The zero-order valence-electron chi connectivity index (χ0n) is 16.3. The van der Waals surface area contributed by atoms with Gasteiger partial charge in [-0.1, -0.05) is 42.5 Å². The second-order valence-corrected chi connectivity index (χ2v) is 6.61. The molecular formula is C24H19N3O3. The van der Waals surface area contributed by atoms with Crippen LogP contribution in [0.3, 0.4) is 0 Å². The van der Waals surface area contributed by atoms with Crippen LogP contribution in [0.2, 0.25) is 0 Å². The monoisotopic (exact) mass is 397 g/mol. The van der Waals surface area contributed by atoms with E-state index in [2.05, 4.69) is 17.4 Å². The molecule has 0 amide bonds. The first-order chi connectivity index (χ1) is 14.6. The number of hydrogen-bond acceptors (Lipinski definition) is 4. The van der Waals surface area contributed by atoms with Crippen LogP contribution in [-0.4, -0.2) is 17.9 Å². The molecular weight excluding hydrogens is 378 g/mol. The number of nitro benzene ring substituents is 1. The van der Waals surface area contributed by atoms with Crippen LogP contribution >= 0.6 is 0 Å². The number of ether oxygens (including phenoxy) is 1. The number of methoxy groups -OCH3 is 1. The fraction of sp³-hybridized carbons (Fsp3) is 0.0417. The van der Waals surface area contributed by atoms with Crippen LogP contribution in [-0.2, 0) is 0 Å². The first-order valence-corrected chi connectivity index (χ1v) is 9.36. The molecule has 4 aromatic rings. The van der Waals surface area contributed by atoms with Crippen LogP contribution < -0.4 is 10.1 Å². The highest BCUT2D eigenvalue weighted by atomic mass is 16.6. The number of amidine groups is 1. The van der Waals surface area contributed by atoms with Gasteiger partial charge in [-0.3, -0.25) is 10.1 Å². The van der Waals surface area contributed by atoms with E-state index in [0.29, 0.717) is 11.5 Å². The number of nitrogens with one attached hydrogen (secondary N) is 1. The minimum Gasteiger partial charge on any atom is -0.497 e. The van der Waals surface area contributed by atoms with Crippen molar-refractivity contribution < 1.29 is 9.66 Å². The molecule has 30 heavy (non-hydrogen) atoms. The van der Waals surface area contributed by atoms with Gasteiger partial charge < -0.3 is 10.1 Å². The van der Waals surface area contributed by atoms with E-state index < -0.39 is 4.92 Å². The molecule has 0 bridgehead atoms. The Bertz CT molecular complexity index is 1210. The summed E-state index contributed by atoms with van der Waals surface area (Å²) in [6.45, 7) is 0. The van der Waals surface area contributed by atoms with E-state index in [-0.39, 0.29) is 5.69 Å². The van der Waals surface area contributed by atoms with Crippen LogP contribution in [0.5, 0.6) is 5.75 Å². The zero-order chi connectivity index (χ0) is 20.9. The molecule has 0 saturated heterocycles. The summed E-state index contributed by atoms with van der Waals surface area (Å²) in [5.74, 6) is 1.41. The van der Waals surface area contributed by atoms with Gasteiger partial charge in [-0.25, -0.2) is 4.99 Å². The van der Waals surface area contributed by atoms with Gasteiger partial charge in [0, 0.05) is 23.4 Å². The minimum absolute atomic E-state index is 0.0313. The van der Waals surface area contributed by atoms with Gasteiger partial charge in [0.15, 0.2) is 0 Å². The summed E-state index contributed by atoms with van der Waals surface area (Å²) in [6.07, 6.45) is 0. The van der Waals surface area contributed by atoms with Gasteiger partial charge in [0.1, 0.15) is 11.6 Å². The predicted molar refractivity (Wildman–Crippen MR) is 120 cm³/mol. The Labute approximate surface area is 173 Å². The van der Waals surface area contributed by atoms with E-state index in [1.807, 2.05) is 54.6 Å². The van der Waals surface area contributed by atoms with Crippen LogP contribution in [0.25, 0.3) is 10.8 Å². The Kier molecular flexibility index (Phi) is 5.39. The molecule has 0 aromatic heterocycles. The van der Waals surface area contributed by atoms with E-state index in [9.17, 15) is 10.1 Å². The summed E-state index contributed by atoms with van der Waals surface area (Å²) < 4.78 is 5.23. The molecule has 0 radical (unpaired) electrons. The number of fused-ring (bicyclic) bond motifs is 1. The molecule has 0 unspecified atom stereocenters. The summed E-state index contributed by atoms with van der Waals surface area (Å²) in [5.41, 5.74) is 2.43. The molecule has 4 aromatic carbocycles. The minimum atomic E-state index is -0.422. The lowest BCUT2D eigenvalue weighted by molar-refractivity contribution is -0.384. The van der Waals surface area contributed by atoms with Gasteiger partial charge in [0.05, 0.1) is 17.7 Å². The fourth-order valence-corrected chi connectivity index (χ4v) is 3.18. The summed E-state index contributed by atoms with van der Waals surface area (Å²) in [6, 6.07) is 27.9. The standard InChI is InChI=1S/C24H19N3O3/c1-30-21-15-11-19(12-16-21)26-24(25-18-9-13-20(14-10-18)27(28)29)23-8-4-6-17-5-2-3-7-22(17)23/h2-16H,1H3,(H,25,26). The first kappa shape index (κ1) is 19.1. The molecule has 6 nitrogen and oxygen atoms in total. The Morgan fingerprint density at radius 3 is 2.30 bits per heavy atom. The zero-order valence-corrected chi connectivity index (χ0v) is 16.3. The summed E-state index contributed by atoms with van der Waals surface area (Å²) in [4.78, 5) is 15.3. The number of nitro groups is 1. The molecule has 0 atom stereocenters. The second-order valence-electron chi connectivity index (χ2n) is 6.61. The first-order valence-electron chi connectivity index (χ1n) is 9.36. The van der Waals surface area contributed by atoms with Crippen molar-refractivity contribution in [2.24, 2.45) is 4.99 Å². The molecule has 0 heterocycles. The Hall–Kier alpha value is -4.19. The van der Waals surface area contributed by atoms with Gasteiger partial charge in [-0.15, -0.1) is 0 Å². The van der Waals surface area contributed by atoms with Crippen molar-refractivity contribution in [3.05, 3.63) is 107 Å². The SMILES string of the molecule is COc1ccc(NC(=Nc2ccc([N+](=O)[O-])cc2)c2cccc3ccccc23)cc1. The number of non-ortho nitro benzene ring substituents is 1. The second kappa shape index (κ2) is 8.45. The van der Waals surface area contributed by atoms with Crippen LogP contribution in [0, 0.1) is 10.1 Å². The third kappa shape index (κ3) is 4.12. The molecule has 0 fully saturated rings. The quantitative estimate of drug-likeness (QED) is 0.195. The van der Waals surface area contributed by atoms with Crippen molar-refractivity contribution in [2.75, 3.05) is 12.4 Å². The van der Waals surface area contributed by atoms with Gasteiger partial charge >= 0.3 is 0 Å². The highest BCUT2D eigenvalue weighted by Gasteiger charge is 2.10. The predicted octanol–water partition coefficient (Wildman–Crippen LogP) is 5.95. The van der Waals surface area contributed by atoms with Crippen molar-refractivity contribution >= 4 is 33.7 Å². The van der Waals surface area contributed by atoms with Crippen LogP contribution in [0.15, 0.2) is 96.0 Å². The lowest BCUT2D eigenvalue weighted by atomic mass is 10.0. The van der Waals surface area contributed by atoms with E-state index in [1.54, 1.807) is 19.2 Å². The number of anilines is 1. The highest BCUT2D eigenvalue weighted by Crippen LogP contribution is 2.25. The molecule has 4 rings (SSSR count). The molecule has 6 heteroatoms. The highest BCUT2D eigenvalue weighted by molar-refractivity contribution is 6.16. The Morgan fingerprint density at radius 2 is 1.60 bits per heavy atom. The lowest BCUT2D eigenvalue weighted by Gasteiger charge is -2.13. The number of benzene rings is 4. The Balaban J connectivity index is 1.80. The maximum absolute atomic E-state index is 10.9.